The Hall–Kier alpha value is -2.22. The molecule has 2 atom stereocenters. The van der Waals surface area contributed by atoms with Crippen LogP contribution in [0.3, 0.4) is 0 Å². The number of hydrogen-bond acceptors (Lipinski definition) is 6. The molecule has 4 rings (SSSR count). The van der Waals surface area contributed by atoms with Crippen LogP contribution in [-0.2, 0) is 17.8 Å². The SMILES string of the molecule is CCc1noc(C2CCC(N[C@@H]3CCC(=O)N[C@H]3c3cnn(CC)c3)CC2)n1. The number of nitrogens with one attached hydrogen (secondary N) is 2. The van der Waals surface area contributed by atoms with Gasteiger partial charge in [0.2, 0.25) is 11.8 Å². The zero-order valence-corrected chi connectivity index (χ0v) is 16.7. The number of nitrogens with zero attached hydrogens (tertiary/aromatic N) is 4. The van der Waals surface area contributed by atoms with Crippen molar-refractivity contribution in [2.75, 3.05) is 0 Å². The second-order valence-corrected chi connectivity index (χ2v) is 7.94. The molecular weight excluding hydrogens is 356 g/mol. The van der Waals surface area contributed by atoms with Crippen LogP contribution in [-0.4, -0.2) is 37.9 Å². The first kappa shape index (κ1) is 19.1. The molecule has 3 heterocycles. The average molecular weight is 387 g/mol. The molecule has 1 aliphatic carbocycles. The third-order valence-electron chi connectivity index (χ3n) is 6.06. The zero-order valence-electron chi connectivity index (χ0n) is 16.7. The molecular formula is C20H30N6O2. The lowest BCUT2D eigenvalue weighted by molar-refractivity contribution is -0.124. The van der Waals surface area contributed by atoms with Crippen LogP contribution in [0.1, 0.15) is 81.6 Å². The number of amides is 1. The first-order valence-electron chi connectivity index (χ1n) is 10.6. The fourth-order valence-corrected chi connectivity index (χ4v) is 4.39. The fraction of sp³-hybridized carbons (Fsp3) is 0.700. The molecule has 2 fully saturated rings. The molecule has 28 heavy (non-hydrogen) atoms. The smallest absolute Gasteiger partial charge is 0.229 e. The molecule has 2 aromatic heterocycles. The largest absolute Gasteiger partial charge is 0.348 e. The van der Waals surface area contributed by atoms with E-state index in [0.29, 0.717) is 18.4 Å². The quantitative estimate of drug-likeness (QED) is 0.791. The van der Waals surface area contributed by atoms with Gasteiger partial charge in [0.25, 0.3) is 0 Å². The van der Waals surface area contributed by atoms with Gasteiger partial charge in [-0.3, -0.25) is 9.48 Å². The molecule has 2 N–H and O–H groups in total. The van der Waals surface area contributed by atoms with Gasteiger partial charge in [-0.1, -0.05) is 12.1 Å². The summed E-state index contributed by atoms with van der Waals surface area (Å²) in [4.78, 5) is 16.5. The van der Waals surface area contributed by atoms with Crippen molar-refractivity contribution in [2.45, 2.75) is 89.4 Å². The van der Waals surface area contributed by atoms with Crippen molar-refractivity contribution in [1.82, 2.24) is 30.6 Å². The zero-order chi connectivity index (χ0) is 19.5. The summed E-state index contributed by atoms with van der Waals surface area (Å²) < 4.78 is 7.35. The van der Waals surface area contributed by atoms with Crippen LogP contribution in [0, 0.1) is 0 Å². The number of hydrogen-bond donors (Lipinski definition) is 2. The van der Waals surface area contributed by atoms with Crippen molar-refractivity contribution in [2.24, 2.45) is 0 Å². The van der Waals surface area contributed by atoms with Gasteiger partial charge in [0, 0.05) is 49.1 Å². The van der Waals surface area contributed by atoms with Crippen LogP contribution in [0.4, 0.5) is 0 Å². The van der Waals surface area contributed by atoms with E-state index in [0.717, 1.165) is 62.3 Å². The molecule has 2 aromatic rings. The maximum atomic E-state index is 12.0. The second-order valence-electron chi connectivity index (χ2n) is 7.94. The highest BCUT2D eigenvalue weighted by Crippen LogP contribution is 2.33. The molecule has 0 aromatic carbocycles. The highest BCUT2D eigenvalue weighted by molar-refractivity contribution is 5.77. The first-order valence-corrected chi connectivity index (χ1v) is 10.6. The monoisotopic (exact) mass is 386 g/mol. The highest BCUT2D eigenvalue weighted by atomic mass is 16.5. The fourth-order valence-electron chi connectivity index (χ4n) is 4.39. The Kier molecular flexibility index (Phi) is 5.75. The molecule has 8 nitrogen and oxygen atoms in total. The Labute approximate surface area is 165 Å². The van der Waals surface area contributed by atoms with Crippen LogP contribution >= 0.6 is 0 Å². The van der Waals surface area contributed by atoms with Gasteiger partial charge in [0.1, 0.15) is 0 Å². The maximum absolute atomic E-state index is 12.0. The molecule has 1 saturated carbocycles. The van der Waals surface area contributed by atoms with Crippen molar-refractivity contribution < 1.29 is 9.32 Å². The molecule has 1 saturated heterocycles. The van der Waals surface area contributed by atoms with Crippen molar-refractivity contribution in [3.8, 4) is 0 Å². The Morgan fingerprint density at radius 1 is 1.25 bits per heavy atom. The van der Waals surface area contributed by atoms with Gasteiger partial charge < -0.3 is 15.2 Å². The maximum Gasteiger partial charge on any atom is 0.229 e. The predicted octanol–water partition coefficient (Wildman–Crippen LogP) is 2.48. The van der Waals surface area contributed by atoms with Crippen LogP contribution in [0.15, 0.2) is 16.9 Å². The third-order valence-corrected chi connectivity index (χ3v) is 6.06. The minimum atomic E-state index is -0.0117. The van der Waals surface area contributed by atoms with Crippen LogP contribution in [0.5, 0.6) is 0 Å². The lowest BCUT2D eigenvalue weighted by atomic mass is 9.84. The lowest BCUT2D eigenvalue weighted by Gasteiger charge is -2.37. The van der Waals surface area contributed by atoms with Gasteiger partial charge in [-0.2, -0.15) is 10.1 Å². The Morgan fingerprint density at radius 2 is 2.07 bits per heavy atom. The minimum Gasteiger partial charge on any atom is -0.348 e. The van der Waals surface area contributed by atoms with Gasteiger partial charge in [-0.15, -0.1) is 0 Å². The van der Waals surface area contributed by atoms with Gasteiger partial charge >= 0.3 is 0 Å². The average Bonchev–Trinajstić information content (AvgIpc) is 3.39. The van der Waals surface area contributed by atoms with Gasteiger partial charge in [0.15, 0.2) is 5.82 Å². The molecule has 152 valence electrons. The van der Waals surface area contributed by atoms with Crippen molar-refractivity contribution in [3.63, 3.8) is 0 Å². The number of aromatic nitrogens is 4. The summed E-state index contributed by atoms with van der Waals surface area (Å²) in [5.74, 6) is 2.09. The summed E-state index contributed by atoms with van der Waals surface area (Å²) in [5.41, 5.74) is 1.08. The molecule has 0 spiro atoms. The van der Waals surface area contributed by atoms with Crippen LogP contribution in [0.2, 0.25) is 0 Å². The van der Waals surface area contributed by atoms with Crippen LogP contribution in [0.25, 0.3) is 0 Å². The van der Waals surface area contributed by atoms with E-state index in [-0.39, 0.29) is 18.0 Å². The summed E-state index contributed by atoms with van der Waals surface area (Å²) in [5, 5.41) is 15.4. The number of aryl methyl sites for hydroxylation is 2. The summed E-state index contributed by atoms with van der Waals surface area (Å²) in [6.07, 6.45) is 10.4. The molecule has 2 aliphatic rings. The molecule has 1 amide bonds. The van der Waals surface area contributed by atoms with E-state index in [1.807, 2.05) is 24.0 Å². The Bertz CT molecular complexity index is 792. The number of piperidine rings is 1. The normalized spacial score (nSPS) is 28.3. The van der Waals surface area contributed by atoms with Crippen LogP contribution < -0.4 is 10.6 Å². The number of rotatable bonds is 6. The predicted molar refractivity (Wildman–Crippen MR) is 104 cm³/mol. The van der Waals surface area contributed by atoms with E-state index in [2.05, 4.69) is 32.8 Å². The van der Waals surface area contributed by atoms with Gasteiger partial charge in [0.05, 0.1) is 12.2 Å². The molecule has 8 heteroatoms. The van der Waals surface area contributed by atoms with Gasteiger partial charge in [-0.25, -0.2) is 0 Å². The summed E-state index contributed by atoms with van der Waals surface area (Å²) >= 11 is 0. The highest BCUT2D eigenvalue weighted by Gasteiger charge is 2.34. The van der Waals surface area contributed by atoms with E-state index >= 15 is 0 Å². The van der Waals surface area contributed by atoms with E-state index in [1.165, 1.54) is 0 Å². The summed E-state index contributed by atoms with van der Waals surface area (Å²) in [6.45, 7) is 4.94. The standard InChI is InChI=1S/C20H30N6O2/c1-3-17-23-20(28-25-17)13-5-7-15(8-6-13)22-16-9-10-18(27)24-19(16)14-11-21-26(4-2)12-14/h11-13,15-16,19,22H,3-10H2,1-2H3,(H,24,27)/t13?,15?,16-,19+/m1/s1. The van der Waals surface area contributed by atoms with E-state index in [4.69, 9.17) is 4.52 Å². The number of carbonyl (C=O) groups excluding carboxylic acids is 1. The molecule has 1 aliphatic heterocycles. The van der Waals surface area contributed by atoms with E-state index in [9.17, 15) is 4.79 Å². The van der Waals surface area contributed by atoms with E-state index in [1.54, 1.807) is 0 Å². The van der Waals surface area contributed by atoms with Crippen molar-refractivity contribution >= 4 is 5.91 Å². The molecule has 0 bridgehead atoms. The lowest BCUT2D eigenvalue weighted by Crippen LogP contribution is -2.51. The Balaban J connectivity index is 1.36. The number of carbonyl (C=O) groups is 1. The minimum absolute atomic E-state index is 0.0117. The molecule has 0 radical (unpaired) electrons. The van der Waals surface area contributed by atoms with Gasteiger partial charge in [-0.05, 0) is 39.0 Å². The summed E-state index contributed by atoms with van der Waals surface area (Å²) in [6, 6.07) is 0.680. The second kappa shape index (κ2) is 8.43. The van der Waals surface area contributed by atoms with Crippen molar-refractivity contribution in [3.05, 3.63) is 29.7 Å². The first-order chi connectivity index (χ1) is 13.7. The molecule has 0 unspecified atom stereocenters. The van der Waals surface area contributed by atoms with E-state index < -0.39 is 0 Å². The Morgan fingerprint density at radius 3 is 2.75 bits per heavy atom. The topological polar surface area (TPSA) is 97.9 Å². The third kappa shape index (κ3) is 4.11. The summed E-state index contributed by atoms with van der Waals surface area (Å²) in [7, 11) is 0. The van der Waals surface area contributed by atoms with Crippen molar-refractivity contribution in [1.29, 1.82) is 0 Å².